The van der Waals surface area contributed by atoms with Crippen molar-refractivity contribution in [2.45, 2.75) is 12.2 Å². The number of carbonyl (C=O) groups is 4. The molecule has 3 aromatic carbocycles. The van der Waals surface area contributed by atoms with Crippen LogP contribution < -0.4 is 5.32 Å². The van der Waals surface area contributed by atoms with E-state index in [0.29, 0.717) is 14.5 Å². The van der Waals surface area contributed by atoms with Crippen molar-refractivity contribution in [2.24, 2.45) is 0 Å². The molecule has 2 N–H and O–H groups in total. The van der Waals surface area contributed by atoms with Gasteiger partial charge in [-0.3, -0.25) is 4.79 Å². The number of ether oxygens (including phenoxy) is 2. The monoisotopic (exact) mass is 613 g/mol. The molecule has 12 heteroatoms. The number of rotatable bonds is 8. The van der Waals surface area contributed by atoms with Crippen molar-refractivity contribution in [3.63, 3.8) is 0 Å². The Hall–Kier alpha value is -3.11. The lowest BCUT2D eigenvalue weighted by Crippen LogP contribution is -2.48. The first kappa shape index (κ1) is 27.5. The minimum absolute atomic E-state index is 0.0166. The number of carbonyl (C=O) groups excluding carboxylic acids is 3. The predicted molar refractivity (Wildman–Crippen MR) is 137 cm³/mol. The molecule has 8 nitrogen and oxygen atoms in total. The first-order valence-electron chi connectivity index (χ1n) is 9.97. The summed E-state index contributed by atoms with van der Waals surface area (Å²) in [6, 6.07) is 15.3. The van der Waals surface area contributed by atoms with Gasteiger partial charge in [-0.05, 0) is 82.7 Å². The molecule has 0 aliphatic heterocycles. The summed E-state index contributed by atoms with van der Waals surface area (Å²) in [5.41, 5.74) is 0.125. The summed E-state index contributed by atoms with van der Waals surface area (Å²) < 4.78 is 10.9. The number of anilines is 1. The molecule has 0 fully saturated rings. The zero-order valence-electron chi connectivity index (χ0n) is 17.9. The van der Waals surface area contributed by atoms with E-state index in [1.54, 1.807) is 6.07 Å². The third-order valence-corrected chi connectivity index (χ3v) is 6.33. The van der Waals surface area contributed by atoms with E-state index in [1.807, 2.05) is 0 Å². The van der Waals surface area contributed by atoms with E-state index in [1.165, 1.54) is 60.7 Å². The molecule has 186 valence electrons. The molecular weight excluding hydrogens is 601 g/mol. The molecule has 3 rings (SSSR count). The maximum atomic E-state index is 13.1. The first-order chi connectivity index (χ1) is 17.0. The predicted octanol–water partition coefficient (Wildman–Crippen LogP) is 5.88. The van der Waals surface area contributed by atoms with Crippen LogP contribution in [0.5, 0.6) is 0 Å². The maximum absolute atomic E-state index is 13.1. The number of esters is 2. The van der Waals surface area contributed by atoms with Crippen molar-refractivity contribution in [1.29, 1.82) is 0 Å². The summed E-state index contributed by atoms with van der Waals surface area (Å²) in [7, 11) is 0. The van der Waals surface area contributed by atoms with E-state index < -0.39 is 36.0 Å². The van der Waals surface area contributed by atoms with Gasteiger partial charge in [-0.2, -0.15) is 0 Å². The van der Waals surface area contributed by atoms with Crippen molar-refractivity contribution in [1.82, 2.24) is 0 Å². The third kappa shape index (κ3) is 7.20. The number of hydrogen-bond donors (Lipinski definition) is 2. The zero-order chi connectivity index (χ0) is 26.4. The van der Waals surface area contributed by atoms with Crippen molar-refractivity contribution < 1.29 is 33.8 Å². The van der Waals surface area contributed by atoms with Crippen LogP contribution in [-0.4, -0.2) is 41.1 Å². The number of halogens is 4. The van der Waals surface area contributed by atoms with E-state index in [0.717, 1.165) is 0 Å². The number of nitrogens with one attached hydrogen (secondary N) is 1. The van der Waals surface area contributed by atoms with Gasteiger partial charge in [0.1, 0.15) is 0 Å². The Morgan fingerprint density at radius 2 is 1.22 bits per heavy atom. The van der Waals surface area contributed by atoms with E-state index in [-0.39, 0.29) is 21.8 Å². The number of carboxylic acids is 1. The average Bonchev–Trinajstić information content (AvgIpc) is 2.84. The standard InChI is InChI=1S/C24H15BrCl3NO7/c25-17-10-9-16(11-18(17)28)29-21(30)19(35-23(33)12-1-5-14(26)6-2-12)20(22(31)32)36-24(34)13-3-7-15(27)8-4-13/h1-11,19-20H,(H,29,30)(H,31,32)/t19-,20-/m0/s1. The molecule has 0 spiro atoms. The van der Waals surface area contributed by atoms with Crippen LogP contribution in [0.15, 0.2) is 71.2 Å². The van der Waals surface area contributed by atoms with E-state index >= 15 is 0 Å². The maximum Gasteiger partial charge on any atom is 0.349 e. The minimum atomic E-state index is -2.20. The summed E-state index contributed by atoms with van der Waals surface area (Å²) in [5.74, 6) is -4.93. The summed E-state index contributed by atoms with van der Waals surface area (Å²) in [6.07, 6.45) is -4.28. The molecule has 0 aliphatic carbocycles. The van der Waals surface area contributed by atoms with Crippen LogP contribution >= 0.6 is 50.7 Å². The van der Waals surface area contributed by atoms with Gasteiger partial charge in [0.15, 0.2) is 0 Å². The third-order valence-electron chi connectivity index (χ3n) is 4.59. The SMILES string of the molecule is O=C(O[C@H](C(=O)O)[C@H](OC(=O)c1ccc(Cl)cc1)C(=O)Nc1ccc(Br)c(Cl)c1)c1ccc(Cl)cc1. The second kappa shape index (κ2) is 12.2. The fourth-order valence-corrected chi connectivity index (χ4v) is 3.50. The van der Waals surface area contributed by atoms with Crippen LogP contribution in [-0.2, 0) is 19.1 Å². The molecule has 3 aromatic rings. The van der Waals surface area contributed by atoms with Crippen LogP contribution in [0.2, 0.25) is 15.1 Å². The van der Waals surface area contributed by atoms with Crippen LogP contribution in [0, 0.1) is 0 Å². The fourth-order valence-electron chi connectivity index (χ4n) is 2.82. The number of benzene rings is 3. The minimum Gasteiger partial charge on any atom is -0.478 e. The lowest BCUT2D eigenvalue weighted by atomic mass is 10.1. The van der Waals surface area contributed by atoms with Gasteiger partial charge in [-0.15, -0.1) is 0 Å². The van der Waals surface area contributed by atoms with Crippen LogP contribution in [0.25, 0.3) is 0 Å². The van der Waals surface area contributed by atoms with Gasteiger partial charge in [-0.1, -0.05) is 34.8 Å². The Labute approximate surface area is 228 Å². The van der Waals surface area contributed by atoms with Gasteiger partial charge >= 0.3 is 17.9 Å². The second-order valence-corrected chi connectivity index (χ2v) is 9.26. The lowest BCUT2D eigenvalue weighted by molar-refractivity contribution is -0.157. The molecule has 1 amide bonds. The molecule has 2 atom stereocenters. The highest BCUT2D eigenvalue weighted by Gasteiger charge is 2.41. The second-order valence-electron chi connectivity index (χ2n) is 7.12. The average molecular weight is 616 g/mol. The van der Waals surface area contributed by atoms with Crippen LogP contribution in [0.4, 0.5) is 5.69 Å². The fraction of sp³-hybridized carbons (Fsp3) is 0.0833. The number of amides is 1. The van der Waals surface area contributed by atoms with Gasteiger partial charge in [0, 0.05) is 20.2 Å². The Bertz CT molecular complexity index is 1300. The van der Waals surface area contributed by atoms with Gasteiger partial charge in [0.25, 0.3) is 5.91 Å². The molecular formula is C24H15BrCl3NO7. The molecule has 0 aromatic heterocycles. The molecule has 0 saturated carbocycles. The summed E-state index contributed by atoms with van der Waals surface area (Å²) in [6.45, 7) is 0. The lowest BCUT2D eigenvalue weighted by Gasteiger charge is -2.23. The van der Waals surface area contributed by atoms with E-state index in [2.05, 4.69) is 21.2 Å². The largest absolute Gasteiger partial charge is 0.478 e. The highest BCUT2D eigenvalue weighted by Crippen LogP contribution is 2.26. The van der Waals surface area contributed by atoms with E-state index in [9.17, 15) is 24.3 Å². The number of hydrogen-bond acceptors (Lipinski definition) is 6. The molecule has 0 bridgehead atoms. The number of aliphatic carboxylic acids is 1. The highest BCUT2D eigenvalue weighted by molar-refractivity contribution is 9.10. The smallest absolute Gasteiger partial charge is 0.349 e. The molecule has 0 saturated heterocycles. The Kier molecular flexibility index (Phi) is 9.33. The normalized spacial score (nSPS) is 12.2. The van der Waals surface area contributed by atoms with Crippen molar-refractivity contribution in [3.05, 3.63) is 97.4 Å². The Morgan fingerprint density at radius 3 is 1.67 bits per heavy atom. The topological polar surface area (TPSA) is 119 Å². The Morgan fingerprint density at radius 1 is 0.750 bits per heavy atom. The van der Waals surface area contributed by atoms with Gasteiger partial charge in [-0.25, -0.2) is 14.4 Å². The van der Waals surface area contributed by atoms with E-state index in [4.69, 9.17) is 44.3 Å². The molecule has 36 heavy (non-hydrogen) atoms. The molecule has 0 unspecified atom stereocenters. The van der Waals surface area contributed by atoms with Gasteiger partial charge in [0.2, 0.25) is 12.2 Å². The quantitative estimate of drug-likeness (QED) is 0.304. The number of carboxylic acid groups (broad SMARTS) is 1. The molecule has 0 radical (unpaired) electrons. The van der Waals surface area contributed by atoms with Crippen molar-refractivity contribution in [2.75, 3.05) is 5.32 Å². The Balaban J connectivity index is 1.92. The van der Waals surface area contributed by atoms with Crippen LogP contribution in [0.3, 0.4) is 0 Å². The van der Waals surface area contributed by atoms with Crippen LogP contribution in [0.1, 0.15) is 20.7 Å². The molecule has 0 heterocycles. The van der Waals surface area contributed by atoms with Crippen molar-refractivity contribution in [3.8, 4) is 0 Å². The van der Waals surface area contributed by atoms with Crippen molar-refractivity contribution >= 4 is 80.2 Å². The van der Waals surface area contributed by atoms with Gasteiger partial charge in [0.05, 0.1) is 16.1 Å². The summed E-state index contributed by atoms with van der Waals surface area (Å²) in [5, 5.41) is 13.1. The van der Waals surface area contributed by atoms with Gasteiger partial charge < -0.3 is 19.9 Å². The summed E-state index contributed by atoms with van der Waals surface area (Å²) in [4.78, 5) is 50.5. The zero-order valence-corrected chi connectivity index (χ0v) is 21.8. The summed E-state index contributed by atoms with van der Waals surface area (Å²) >= 11 is 20.9. The highest BCUT2D eigenvalue weighted by atomic mass is 79.9. The first-order valence-corrected chi connectivity index (χ1v) is 11.9. The molecule has 0 aliphatic rings.